The Morgan fingerprint density at radius 2 is 1.89 bits per heavy atom. The fourth-order valence-electron chi connectivity index (χ4n) is 3.35. The zero-order valence-corrected chi connectivity index (χ0v) is 15.6. The molecule has 0 N–H and O–H groups in total. The lowest BCUT2D eigenvalue weighted by Crippen LogP contribution is -2.33. The second-order valence-corrected chi connectivity index (χ2v) is 6.23. The van der Waals surface area contributed by atoms with E-state index in [0.717, 1.165) is 11.1 Å². The predicted molar refractivity (Wildman–Crippen MR) is 98.7 cm³/mol. The molecular formula is C21H22O6. The lowest BCUT2D eigenvalue weighted by atomic mass is 9.75. The van der Waals surface area contributed by atoms with Crippen LogP contribution in [0, 0.1) is 5.92 Å². The molecule has 1 aliphatic carbocycles. The van der Waals surface area contributed by atoms with Crippen molar-refractivity contribution in [2.45, 2.75) is 19.3 Å². The van der Waals surface area contributed by atoms with E-state index < -0.39 is 17.8 Å². The van der Waals surface area contributed by atoms with Gasteiger partial charge in [0.25, 0.3) is 0 Å². The van der Waals surface area contributed by atoms with Crippen molar-refractivity contribution >= 4 is 17.3 Å². The van der Waals surface area contributed by atoms with Gasteiger partial charge in [-0.05, 0) is 54.8 Å². The Morgan fingerprint density at radius 3 is 2.44 bits per heavy atom. The Kier molecular flexibility index (Phi) is 5.64. The third-order valence-corrected chi connectivity index (χ3v) is 4.64. The smallest absolute Gasteiger partial charge is 0.317 e. The summed E-state index contributed by atoms with van der Waals surface area (Å²) in [6.45, 7) is 1.94. The number of benzene rings is 1. The molecule has 1 aromatic heterocycles. The summed E-state index contributed by atoms with van der Waals surface area (Å²) in [6, 6.07) is 8.96. The lowest BCUT2D eigenvalue weighted by Gasteiger charge is -2.28. The molecule has 3 rings (SSSR count). The van der Waals surface area contributed by atoms with E-state index in [4.69, 9.17) is 18.6 Å². The molecule has 0 saturated carbocycles. The molecule has 1 aliphatic rings. The van der Waals surface area contributed by atoms with E-state index in [2.05, 4.69) is 0 Å². The third kappa shape index (κ3) is 3.89. The molecule has 0 amide bonds. The lowest BCUT2D eigenvalue weighted by molar-refractivity contribution is -0.151. The Labute approximate surface area is 157 Å². The topological polar surface area (TPSA) is 75.0 Å². The minimum Gasteiger partial charge on any atom is -0.497 e. The molecule has 0 unspecified atom stereocenters. The summed E-state index contributed by atoms with van der Waals surface area (Å²) >= 11 is 0. The van der Waals surface area contributed by atoms with Crippen LogP contribution in [0.5, 0.6) is 11.5 Å². The number of carbonyl (C=O) groups excluding carboxylic acids is 2. The van der Waals surface area contributed by atoms with E-state index in [0.29, 0.717) is 23.7 Å². The molecule has 0 saturated heterocycles. The fourth-order valence-corrected chi connectivity index (χ4v) is 3.35. The monoisotopic (exact) mass is 370 g/mol. The summed E-state index contributed by atoms with van der Waals surface area (Å²) in [4.78, 5) is 25.2. The molecule has 0 aliphatic heterocycles. The van der Waals surface area contributed by atoms with Crippen LogP contribution < -0.4 is 9.47 Å². The van der Waals surface area contributed by atoms with Crippen molar-refractivity contribution in [3.63, 3.8) is 0 Å². The van der Waals surface area contributed by atoms with Crippen LogP contribution in [0.3, 0.4) is 0 Å². The van der Waals surface area contributed by atoms with Crippen molar-refractivity contribution in [2.24, 2.45) is 5.92 Å². The minimum atomic E-state index is -0.910. The average molecular weight is 370 g/mol. The van der Waals surface area contributed by atoms with Gasteiger partial charge in [0, 0.05) is 12.0 Å². The Balaban J connectivity index is 2.02. The first-order chi connectivity index (χ1) is 13.1. The third-order valence-electron chi connectivity index (χ3n) is 4.64. The van der Waals surface area contributed by atoms with Crippen molar-refractivity contribution in [2.75, 3.05) is 20.8 Å². The largest absolute Gasteiger partial charge is 0.497 e. The standard InChI is InChI=1S/C21H22O6/c1-4-26-21(23)20-17(19-6-5-7-27-19)10-14(11-18(20)22)13-8-15(24-2)12-16(9-13)25-3/h5-9,11-12,17,20H,4,10H2,1-3H3/t17-,20+/m0/s1. The fraction of sp³-hybridized carbons (Fsp3) is 0.333. The molecular weight excluding hydrogens is 348 g/mol. The van der Waals surface area contributed by atoms with Gasteiger partial charge in [0.05, 0.1) is 27.1 Å². The molecule has 0 fully saturated rings. The van der Waals surface area contributed by atoms with Crippen LogP contribution in [0.4, 0.5) is 0 Å². The van der Waals surface area contributed by atoms with Gasteiger partial charge in [-0.2, -0.15) is 0 Å². The number of allylic oxidation sites excluding steroid dienone is 2. The van der Waals surface area contributed by atoms with Crippen LogP contribution in [0.15, 0.2) is 47.1 Å². The highest BCUT2D eigenvalue weighted by Crippen LogP contribution is 2.41. The van der Waals surface area contributed by atoms with E-state index in [1.165, 1.54) is 12.3 Å². The number of methoxy groups -OCH3 is 2. The highest BCUT2D eigenvalue weighted by molar-refractivity contribution is 6.10. The number of hydrogen-bond donors (Lipinski definition) is 0. The average Bonchev–Trinajstić information content (AvgIpc) is 3.21. The quantitative estimate of drug-likeness (QED) is 0.571. The molecule has 0 bridgehead atoms. The van der Waals surface area contributed by atoms with Gasteiger partial charge in [0.15, 0.2) is 5.78 Å². The minimum absolute atomic E-state index is 0.219. The predicted octanol–water partition coefficient (Wildman–Crippen LogP) is 3.62. The van der Waals surface area contributed by atoms with Gasteiger partial charge < -0.3 is 18.6 Å². The number of furan rings is 1. The Bertz CT molecular complexity index is 827. The van der Waals surface area contributed by atoms with Crippen LogP contribution in [0.25, 0.3) is 5.57 Å². The van der Waals surface area contributed by atoms with E-state index in [-0.39, 0.29) is 12.4 Å². The molecule has 0 radical (unpaired) electrons. The second kappa shape index (κ2) is 8.12. The van der Waals surface area contributed by atoms with Gasteiger partial charge in [-0.1, -0.05) is 0 Å². The molecule has 142 valence electrons. The summed E-state index contributed by atoms with van der Waals surface area (Å²) in [6.07, 6.45) is 3.50. The maximum absolute atomic E-state index is 12.8. The molecule has 0 spiro atoms. The summed E-state index contributed by atoms with van der Waals surface area (Å²) in [5, 5.41) is 0. The van der Waals surface area contributed by atoms with Gasteiger partial charge in [-0.25, -0.2) is 0 Å². The van der Waals surface area contributed by atoms with E-state index in [1.54, 1.807) is 39.3 Å². The summed E-state index contributed by atoms with van der Waals surface area (Å²) in [7, 11) is 3.14. The molecule has 6 heteroatoms. The van der Waals surface area contributed by atoms with Crippen LogP contribution >= 0.6 is 0 Å². The summed E-state index contributed by atoms with van der Waals surface area (Å²) < 4.78 is 21.3. The van der Waals surface area contributed by atoms with Crippen molar-refractivity contribution in [1.82, 2.24) is 0 Å². The second-order valence-electron chi connectivity index (χ2n) is 6.23. The van der Waals surface area contributed by atoms with Crippen LogP contribution in [-0.2, 0) is 14.3 Å². The van der Waals surface area contributed by atoms with Gasteiger partial charge in [0.1, 0.15) is 23.2 Å². The number of carbonyl (C=O) groups is 2. The van der Waals surface area contributed by atoms with E-state index in [9.17, 15) is 9.59 Å². The van der Waals surface area contributed by atoms with Gasteiger partial charge in [-0.15, -0.1) is 0 Å². The van der Waals surface area contributed by atoms with E-state index in [1.807, 2.05) is 12.1 Å². The van der Waals surface area contributed by atoms with Crippen molar-refractivity contribution < 1.29 is 28.2 Å². The summed E-state index contributed by atoms with van der Waals surface area (Å²) in [5.74, 6) is -0.321. The molecule has 2 aromatic rings. The van der Waals surface area contributed by atoms with Crippen molar-refractivity contribution in [3.05, 3.63) is 54.0 Å². The highest BCUT2D eigenvalue weighted by Gasteiger charge is 2.41. The molecule has 6 nitrogen and oxygen atoms in total. The Morgan fingerprint density at radius 1 is 1.19 bits per heavy atom. The molecule has 27 heavy (non-hydrogen) atoms. The first-order valence-electron chi connectivity index (χ1n) is 8.75. The highest BCUT2D eigenvalue weighted by atomic mass is 16.5. The SMILES string of the molecule is CCOC(=O)[C@H]1C(=O)C=C(c2cc(OC)cc(OC)c2)C[C@H]1c1ccco1. The molecule has 1 aromatic carbocycles. The Hall–Kier alpha value is -3.02. The van der Waals surface area contributed by atoms with E-state index >= 15 is 0 Å². The van der Waals surface area contributed by atoms with Gasteiger partial charge in [-0.3, -0.25) is 9.59 Å². The maximum atomic E-state index is 12.8. The molecule has 1 heterocycles. The van der Waals surface area contributed by atoms with Gasteiger partial charge in [0.2, 0.25) is 0 Å². The maximum Gasteiger partial charge on any atom is 0.317 e. The zero-order chi connectivity index (χ0) is 19.4. The number of ether oxygens (including phenoxy) is 3. The van der Waals surface area contributed by atoms with Crippen molar-refractivity contribution in [3.8, 4) is 11.5 Å². The first-order valence-corrected chi connectivity index (χ1v) is 8.75. The number of rotatable bonds is 6. The van der Waals surface area contributed by atoms with Crippen LogP contribution in [0.2, 0.25) is 0 Å². The molecule has 2 atom stereocenters. The van der Waals surface area contributed by atoms with Gasteiger partial charge >= 0.3 is 5.97 Å². The van der Waals surface area contributed by atoms with Crippen LogP contribution in [-0.4, -0.2) is 32.6 Å². The number of esters is 1. The summed E-state index contributed by atoms with van der Waals surface area (Å²) in [5.41, 5.74) is 1.59. The zero-order valence-electron chi connectivity index (χ0n) is 15.6. The normalized spacial score (nSPS) is 19.4. The van der Waals surface area contributed by atoms with Crippen molar-refractivity contribution in [1.29, 1.82) is 0 Å². The number of ketones is 1. The number of hydrogen-bond acceptors (Lipinski definition) is 6. The first kappa shape index (κ1) is 18.8. The van der Waals surface area contributed by atoms with Crippen LogP contribution in [0.1, 0.15) is 30.6 Å².